The summed E-state index contributed by atoms with van der Waals surface area (Å²) in [6.07, 6.45) is 3.85. The molecule has 0 aromatic carbocycles. The molecule has 4 fully saturated rings. The molecular formula is C20H26O4. The highest BCUT2D eigenvalue weighted by molar-refractivity contribution is 5.93. The van der Waals surface area contributed by atoms with Gasteiger partial charge in [-0.25, -0.2) is 4.79 Å². The third kappa shape index (κ3) is 1.50. The van der Waals surface area contributed by atoms with Crippen molar-refractivity contribution < 1.29 is 19.1 Å². The van der Waals surface area contributed by atoms with Crippen LogP contribution in [0.1, 0.15) is 41.0 Å². The maximum atomic E-state index is 13.2. The van der Waals surface area contributed by atoms with E-state index in [1.165, 1.54) is 0 Å². The minimum Gasteiger partial charge on any atom is -0.455 e. The van der Waals surface area contributed by atoms with Gasteiger partial charge >= 0.3 is 5.97 Å². The van der Waals surface area contributed by atoms with Gasteiger partial charge in [0.25, 0.3) is 0 Å². The van der Waals surface area contributed by atoms with Gasteiger partial charge in [0.1, 0.15) is 18.0 Å². The van der Waals surface area contributed by atoms with Crippen LogP contribution in [0.2, 0.25) is 0 Å². The van der Waals surface area contributed by atoms with Crippen LogP contribution in [-0.4, -0.2) is 29.6 Å². The molecule has 7 atom stereocenters. The Morgan fingerprint density at radius 3 is 2.46 bits per heavy atom. The highest BCUT2D eigenvalue weighted by Crippen LogP contribution is 2.71. The summed E-state index contributed by atoms with van der Waals surface area (Å²) < 4.78 is 12.2. The van der Waals surface area contributed by atoms with Crippen molar-refractivity contribution in [3.8, 4) is 0 Å². The average Bonchev–Trinajstić information content (AvgIpc) is 3.00. The first-order valence-electron chi connectivity index (χ1n) is 8.84. The lowest BCUT2D eigenvalue weighted by Crippen LogP contribution is -2.50. The summed E-state index contributed by atoms with van der Waals surface area (Å²) in [6, 6.07) is 0. The highest BCUT2D eigenvalue weighted by Gasteiger charge is 2.77. The van der Waals surface area contributed by atoms with Crippen molar-refractivity contribution >= 4 is 11.8 Å². The number of hydrogen-bond donors (Lipinski definition) is 0. The first kappa shape index (κ1) is 16.1. The molecule has 4 heteroatoms. The van der Waals surface area contributed by atoms with E-state index in [0.717, 1.165) is 6.42 Å². The normalized spacial score (nSPS) is 53.0. The Hall–Kier alpha value is -1.42. The molecule has 4 rings (SSSR count). The minimum absolute atomic E-state index is 0.00937. The second-order valence-corrected chi connectivity index (χ2v) is 8.88. The molecule has 0 spiro atoms. The molecule has 0 aromatic heterocycles. The summed E-state index contributed by atoms with van der Waals surface area (Å²) in [6.45, 7) is 14.2. The lowest BCUT2D eigenvalue weighted by atomic mass is 9.54. The Morgan fingerprint density at radius 2 is 1.88 bits per heavy atom. The molecule has 0 amide bonds. The molecule has 24 heavy (non-hydrogen) atoms. The molecule has 0 aromatic rings. The summed E-state index contributed by atoms with van der Waals surface area (Å²) in [5, 5.41) is 0. The number of rotatable bonds is 1. The molecule has 0 radical (unpaired) electrons. The minimum atomic E-state index is -0.578. The number of carbonyl (C=O) groups is 2. The van der Waals surface area contributed by atoms with Gasteiger partial charge in [0.2, 0.25) is 0 Å². The van der Waals surface area contributed by atoms with Crippen molar-refractivity contribution in [1.29, 1.82) is 0 Å². The molecule has 5 unspecified atom stereocenters. The maximum Gasteiger partial charge on any atom is 0.336 e. The number of ketones is 1. The molecule has 2 heterocycles. The number of esters is 1. The number of Topliss-reactive ketones (excluding diaryl/α,β-unsaturated/α-hetero) is 1. The van der Waals surface area contributed by atoms with Gasteiger partial charge in [-0.1, -0.05) is 32.9 Å². The van der Waals surface area contributed by atoms with E-state index < -0.39 is 11.0 Å². The Kier molecular flexibility index (Phi) is 2.95. The molecule has 4 aliphatic rings. The maximum absolute atomic E-state index is 13.2. The van der Waals surface area contributed by atoms with Gasteiger partial charge in [-0.15, -0.1) is 6.58 Å². The zero-order chi connectivity index (χ0) is 17.7. The third-order valence-corrected chi connectivity index (χ3v) is 7.44. The third-order valence-electron chi connectivity index (χ3n) is 7.44. The SMILES string of the molecule is C=CC1C(C)(C)C(=O)C2CC1(C)C1[C@@H]3OC(=O)/C(=C/C)[C@@H]3OC21C. The number of fused-ring (bicyclic) bond motifs is 7. The van der Waals surface area contributed by atoms with Crippen molar-refractivity contribution in [3.63, 3.8) is 0 Å². The fourth-order valence-electron chi connectivity index (χ4n) is 6.64. The van der Waals surface area contributed by atoms with Gasteiger partial charge in [0.15, 0.2) is 0 Å². The summed E-state index contributed by atoms with van der Waals surface area (Å²) >= 11 is 0. The van der Waals surface area contributed by atoms with Crippen LogP contribution >= 0.6 is 0 Å². The van der Waals surface area contributed by atoms with Crippen molar-refractivity contribution in [3.05, 3.63) is 24.3 Å². The quantitative estimate of drug-likeness (QED) is 0.421. The van der Waals surface area contributed by atoms with Crippen LogP contribution in [-0.2, 0) is 19.1 Å². The predicted molar refractivity (Wildman–Crippen MR) is 89.1 cm³/mol. The largest absolute Gasteiger partial charge is 0.455 e. The molecule has 2 aliphatic carbocycles. The molecule has 130 valence electrons. The van der Waals surface area contributed by atoms with Crippen LogP contribution in [0.5, 0.6) is 0 Å². The topological polar surface area (TPSA) is 52.6 Å². The van der Waals surface area contributed by atoms with Crippen LogP contribution in [0.4, 0.5) is 0 Å². The Bertz CT molecular complexity index is 690. The molecule has 2 bridgehead atoms. The fourth-order valence-corrected chi connectivity index (χ4v) is 6.64. The summed E-state index contributed by atoms with van der Waals surface area (Å²) in [7, 11) is 0. The fraction of sp³-hybridized carbons (Fsp3) is 0.700. The van der Waals surface area contributed by atoms with Crippen molar-refractivity contribution in [2.24, 2.45) is 28.6 Å². The second-order valence-electron chi connectivity index (χ2n) is 8.88. The number of carbonyl (C=O) groups excluding carboxylic acids is 2. The van der Waals surface area contributed by atoms with Crippen LogP contribution in [0.3, 0.4) is 0 Å². The molecular weight excluding hydrogens is 304 g/mol. The van der Waals surface area contributed by atoms with Crippen LogP contribution in [0, 0.1) is 28.6 Å². The monoisotopic (exact) mass is 330 g/mol. The van der Waals surface area contributed by atoms with Crippen molar-refractivity contribution in [2.75, 3.05) is 0 Å². The van der Waals surface area contributed by atoms with Gasteiger partial charge in [-0.3, -0.25) is 4.79 Å². The van der Waals surface area contributed by atoms with Crippen molar-refractivity contribution in [2.45, 2.75) is 58.8 Å². The zero-order valence-corrected chi connectivity index (χ0v) is 15.1. The standard InChI is InChI=1S/C20H26O4/c1-7-10-13-14(23-17(10)22)15-19(5)9-11(20(15,6)24-13)16(21)18(3,4)12(19)8-2/h7-8,11-15H,2,9H2,1,3-6H3/b10-7+/t11?,12?,13-,14+,15?,19?,20?/m0/s1. The van der Waals surface area contributed by atoms with Gasteiger partial charge in [0.05, 0.1) is 11.2 Å². The van der Waals surface area contributed by atoms with E-state index >= 15 is 0 Å². The summed E-state index contributed by atoms with van der Waals surface area (Å²) in [5.74, 6) is -0.129. The number of allylic oxidation sites excluding steroid dienone is 2. The zero-order valence-electron chi connectivity index (χ0n) is 15.1. The van der Waals surface area contributed by atoms with Gasteiger partial charge in [-0.2, -0.15) is 0 Å². The van der Waals surface area contributed by atoms with Gasteiger partial charge in [0, 0.05) is 17.3 Å². The Labute approximate surface area is 143 Å². The van der Waals surface area contributed by atoms with E-state index in [1.54, 1.807) is 6.08 Å². The van der Waals surface area contributed by atoms with E-state index in [1.807, 2.05) is 33.8 Å². The molecule has 2 saturated carbocycles. The second kappa shape index (κ2) is 4.40. The van der Waals surface area contributed by atoms with E-state index in [4.69, 9.17) is 9.47 Å². The van der Waals surface area contributed by atoms with Gasteiger partial charge < -0.3 is 9.47 Å². The Morgan fingerprint density at radius 1 is 1.21 bits per heavy atom. The molecule has 4 nitrogen and oxygen atoms in total. The molecule has 0 N–H and O–H groups in total. The average molecular weight is 330 g/mol. The first-order chi connectivity index (χ1) is 11.1. The van der Waals surface area contributed by atoms with E-state index in [9.17, 15) is 9.59 Å². The molecule has 2 aliphatic heterocycles. The van der Waals surface area contributed by atoms with Crippen LogP contribution in [0.25, 0.3) is 0 Å². The highest BCUT2D eigenvalue weighted by atomic mass is 16.6. The van der Waals surface area contributed by atoms with Crippen LogP contribution < -0.4 is 0 Å². The van der Waals surface area contributed by atoms with Crippen LogP contribution in [0.15, 0.2) is 24.3 Å². The predicted octanol–water partition coefficient (Wildman–Crippen LogP) is 3.07. The van der Waals surface area contributed by atoms with Crippen molar-refractivity contribution in [1.82, 2.24) is 0 Å². The number of hydrogen-bond acceptors (Lipinski definition) is 4. The lowest BCUT2D eigenvalue weighted by molar-refractivity contribution is -0.148. The lowest BCUT2D eigenvalue weighted by Gasteiger charge is -2.48. The first-order valence-corrected chi connectivity index (χ1v) is 8.84. The van der Waals surface area contributed by atoms with E-state index in [-0.39, 0.29) is 47.1 Å². The van der Waals surface area contributed by atoms with Gasteiger partial charge in [-0.05, 0) is 31.6 Å². The van der Waals surface area contributed by atoms with E-state index in [0.29, 0.717) is 5.57 Å². The molecule has 2 saturated heterocycles. The summed E-state index contributed by atoms with van der Waals surface area (Å²) in [4.78, 5) is 25.4. The summed E-state index contributed by atoms with van der Waals surface area (Å²) in [5.41, 5.74) is -0.622. The number of ether oxygens (including phenoxy) is 2. The van der Waals surface area contributed by atoms with E-state index in [2.05, 4.69) is 13.5 Å². The Balaban J connectivity index is 1.89. The smallest absolute Gasteiger partial charge is 0.336 e.